The molecule has 1 aliphatic rings. The predicted octanol–water partition coefficient (Wildman–Crippen LogP) is 3.80. The molecule has 1 fully saturated rings. The lowest BCUT2D eigenvalue weighted by atomic mass is 10.1. The maximum absolute atomic E-state index is 11.3. The van der Waals surface area contributed by atoms with Crippen molar-refractivity contribution in [2.45, 2.75) is 58.2 Å². The third-order valence-corrected chi connectivity index (χ3v) is 4.43. The van der Waals surface area contributed by atoms with Gasteiger partial charge in [-0.3, -0.25) is 0 Å². The summed E-state index contributed by atoms with van der Waals surface area (Å²) >= 11 is 6.29. The third-order valence-electron chi connectivity index (χ3n) is 4.14. The number of aliphatic hydroxyl groups excluding tert-OH is 1. The van der Waals surface area contributed by atoms with Gasteiger partial charge in [0.15, 0.2) is 6.29 Å². The van der Waals surface area contributed by atoms with Crippen LogP contribution in [0, 0.1) is 0 Å². The summed E-state index contributed by atoms with van der Waals surface area (Å²) < 4.78 is 22.2. The largest absolute Gasteiger partial charge is 0.489 e. The smallest absolute Gasteiger partial charge is 0.333 e. The summed E-state index contributed by atoms with van der Waals surface area (Å²) in [6.45, 7) is 8.88. The van der Waals surface area contributed by atoms with Crippen molar-refractivity contribution in [1.82, 2.24) is 0 Å². The van der Waals surface area contributed by atoms with E-state index in [0.29, 0.717) is 10.8 Å². The Bertz CT molecular complexity index is 662. The summed E-state index contributed by atoms with van der Waals surface area (Å²) in [5.74, 6) is -0.134. The third kappa shape index (κ3) is 6.50. The van der Waals surface area contributed by atoms with Crippen LogP contribution in [0.15, 0.2) is 30.4 Å². The Labute approximate surface area is 165 Å². The van der Waals surface area contributed by atoms with E-state index in [2.05, 4.69) is 13.5 Å². The van der Waals surface area contributed by atoms with E-state index in [1.807, 2.05) is 13.0 Å². The summed E-state index contributed by atoms with van der Waals surface area (Å²) in [6.07, 6.45) is 0.631. The number of rotatable bonds is 8. The van der Waals surface area contributed by atoms with Crippen LogP contribution >= 0.6 is 11.6 Å². The second-order valence-corrected chi connectivity index (χ2v) is 7.12. The van der Waals surface area contributed by atoms with Crippen LogP contribution in [0.2, 0.25) is 5.02 Å². The van der Waals surface area contributed by atoms with Crippen LogP contribution in [-0.2, 0) is 19.0 Å². The average Bonchev–Trinajstić information content (AvgIpc) is 2.64. The Hall–Kier alpha value is -1.60. The van der Waals surface area contributed by atoms with Crippen molar-refractivity contribution in [3.05, 3.63) is 40.9 Å². The van der Waals surface area contributed by atoms with E-state index in [4.69, 9.17) is 30.5 Å². The Morgan fingerprint density at radius 3 is 2.78 bits per heavy atom. The molecule has 1 heterocycles. The molecule has 4 atom stereocenters. The number of carbonyl (C=O) groups is 1. The van der Waals surface area contributed by atoms with E-state index in [9.17, 15) is 9.90 Å². The summed E-state index contributed by atoms with van der Waals surface area (Å²) in [4.78, 5) is 11.3. The minimum atomic E-state index is -0.972. The highest BCUT2D eigenvalue weighted by molar-refractivity contribution is 6.32. The topological polar surface area (TPSA) is 74.2 Å². The fourth-order valence-corrected chi connectivity index (χ4v) is 2.87. The van der Waals surface area contributed by atoms with E-state index in [-0.39, 0.29) is 31.0 Å². The van der Waals surface area contributed by atoms with Crippen LogP contribution in [0.3, 0.4) is 0 Å². The van der Waals surface area contributed by atoms with Crippen molar-refractivity contribution in [2.24, 2.45) is 0 Å². The van der Waals surface area contributed by atoms with E-state index >= 15 is 0 Å². The predicted molar refractivity (Wildman–Crippen MR) is 102 cm³/mol. The van der Waals surface area contributed by atoms with Gasteiger partial charge in [0, 0.05) is 11.1 Å². The van der Waals surface area contributed by atoms with Crippen molar-refractivity contribution in [3.8, 4) is 5.75 Å². The Balaban J connectivity index is 1.90. The second-order valence-electron chi connectivity index (χ2n) is 6.71. The van der Waals surface area contributed by atoms with Crippen molar-refractivity contribution in [2.75, 3.05) is 13.2 Å². The van der Waals surface area contributed by atoms with Gasteiger partial charge in [-0.1, -0.05) is 31.2 Å². The first-order chi connectivity index (χ1) is 12.8. The Kier molecular flexibility index (Phi) is 8.10. The number of hydrogen-bond donors (Lipinski definition) is 1. The van der Waals surface area contributed by atoms with Crippen molar-refractivity contribution in [3.63, 3.8) is 0 Å². The van der Waals surface area contributed by atoms with Gasteiger partial charge in [0.05, 0.1) is 17.2 Å². The zero-order chi connectivity index (χ0) is 20.0. The van der Waals surface area contributed by atoms with Gasteiger partial charge in [-0.2, -0.15) is 0 Å². The lowest BCUT2D eigenvalue weighted by molar-refractivity contribution is -0.243. The number of ether oxygens (including phenoxy) is 4. The summed E-state index contributed by atoms with van der Waals surface area (Å²) in [7, 11) is 0. The van der Waals surface area contributed by atoms with Crippen LogP contribution in [-0.4, -0.2) is 42.6 Å². The number of hydrogen-bond acceptors (Lipinski definition) is 6. The van der Waals surface area contributed by atoms with E-state index in [1.54, 1.807) is 12.1 Å². The molecule has 0 amide bonds. The van der Waals surface area contributed by atoms with Gasteiger partial charge in [-0.05, 0) is 38.8 Å². The molecular formula is C20H27ClO6. The van der Waals surface area contributed by atoms with Gasteiger partial charge < -0.3 is 24.1 Å². The van der Waals surface area contributed by atoms with Crippen LogP contribution in [0.25, 0.3) is 0 Å². The van der Waals surface area contributed by atoms with Gasteiger partial charge in [0.25, 0.3) is 0 Å². The molecule has 150 valence electrons. The lowest BCUT2D eigenvalue weighted by Gasteiger charge is -2.34. The normalized spacial score (nSPS) is 23.5. The fourth-order valence-electron chi connectivity index (χ4n) is 2.63. The highest BCUT2D eigenvalue weighted by Gasteiger charge is 2.28. The monoisotopic (exact) mass is 398 g/mol. The first-order valence-electron chi connectivity index (χ1n) is 9.04. The van der Waals surface area contributed by atoms with E-state index < -0.39 is 18.4 Å². The molecule has 0 bridgehead atoms. The van der Waals surface area contributed by atoms with Gasteiger partial charge in [0.1, 0.15) is 25.1 Å². The molecule has 0 aromatic heterocycles. The first kappa shape index (κ1) is 21.7. The van der Waals surface area contributed by atoms with Crippen LogP contribution < -0.4 is 4.74 Å². The molecule has 6 nitrogen and oxygen atoms in total. The summed E-state index contributed by atoms with van der Waals surface area (Å²) in [5.41, 5.74) is 1.09. The van der Waals surface area contributed by atoms with E-state index in [1.165, 1.54) is 6.92 Å². The minimum Gasteiger partial charge on any atom is -0.489 e. The molecule has 27 heavy (non-hydrogen) atoms. The summed E-state index contributed by atoms with van der Waals surface area (Å²) in [5, 5.41) is 10.2. The highest BCUT2D eigenvalue weighted by atomic mass is 35.5. The Morgan fingerprint density at radius 1 is 1.41 bits per heavy atom. The molecule has 1 N–H and O–H groups in total. The molecule has 0 saturated carbocycles. The molecule has 7 heteroatoms. The fraction of sp³-hybridized carbons (Fsp3) is 0.550. The minimum absolute atomic E-state index is 0.0616. The van der Waals surface area contributed by atoms with Gasteiger partial charge >= 0.3 is 5.97 Å². The van der Waals surface area contributed by atoms with Crippen LogP contribution in [0.1, 0.15) is 45.5 Å². The molecular weight excluding hydrogens is 372 g/mol. The second kappa shape index (κ2) is 10.1. The molecule has 0 spiro atoms. The first-order valence-corrected chi connectivity index (χ1v) is 9.41. The van der Waals surface area contributed by atoms with Crippen LogP contribution in [0.4, 0.5) is 0 Å². The Morgan fingerprint density at radius 2 is 2.15 bits per heavy atom. The number of benzene rings is 1. The maximum Gasteiger partial charge on any atom is 0.333 e. The van der Waals surface area contributed by atoms with Gasteiger partial charge in [-0.25, -0.2) is 4.79 Å². The standard InChI is InChI=1S/C20H27ClO6/c1-5-16-8-13(4)26-20(27-16)14-6-7-18(17(21)9-14)24-10-15(22)11-25-19(23)12(2)3/h6-7,9,13,15-16,20,22H,2,5,8,10-11H2,1,3-4H3. The molecule has 1 aromatic rings. The maximum atomic E-state index is 11.3. The zero-order valence-corrected chi connectivity index (χ0v) is 16.7. The molecule has 0 aliphatic carbocycles. The molecule has 1 aliphatic heterocycles. The molecule has 4 unspecified atom stereocenters. The van der Waals surface area contributed by atoms with Crippen molar-refractivity contribution < 1.29 is 28.8 Å². The quantitative estimate of drug-likeness (QED) is 0.530. The number of halogens is 1. The van der Waals surface area contributed by atoms with Crippen LogP contribution in [0.5, 0.6) is 5.75 Å². The molecule has 0 radical (unpaired) electrons. The SMILES string of the molecule is C=C(C)C(=O)OCC(O)COc1ccc(C2OC(C)CC(CC)O2)cc1Cl. The number of esters is 1. The average molecular weight is 399 g/mol. The summed E-state index contributed by atoms with van der Waals surface area (Å²) in [6, 6.07) is 5.27. The number of carbonyl (C=O) groups excluding carboxylic acids is 1. The van der Waals surface area contributed by atoms with Gasteiger partial charge in [0.2, 0.25) is 0 Å². The van der Waals surface area contributed by atoms with Crippen molar-refractivity contribution >= 4 is 17.6 Å². The molecule has 2 rings (SSSR count). The molecule has 1 aromatic carbocycles. The zero-order valence-electron chi connectivity index (χ0n) is 15.9. The lowest BCUT2D eigenvalue weighted by Crippen LogP contribution is -2.31. The van der Waals surface area contributed by atoms with Gasteiger partial charge in [-0.15, -0.1) is 0 Å². The number of aliphatic hydroxyl groups is 1. The highest BCUT2D eigenvalue weighted by Crippen LogP contribution is 2.34. The van der Waals surface area contributed by atoms with E-state index in [0.717, 1.165) is 18.4 Å². The molecule has 1 saturated heterocycles. The van der Waals surface area contributed by atoms with Crippen molar-refractivity contribution in [1.29, 1.82) is 0 Å².